The second-order valence-electron chi connectivity index (χ2n) is 12.9. The number of methoxy groups -OCH3 is 2. The Hall–Kier alpha value is -1.95. The summed E-state index contributed by atoms with van der Waals surface area (Å²) in [4.78, 5) is 13.8. The number of ether oxygens (including phenoxy) is 2. The number of rotatable bonds is 6. The fourth-order valence-corrected chi connectivity index (χ4v) is 9.79. The van der Waals surface area contributed by atoms with Crippen LogP contribution in [0.15, 0.2) is 18.2 Å². The van der Waals surface area contributed by atoms with Crippen molar-refractivity contribution in [1.29, 1.82) is 0 Å². The first-order valence-corrected chi connectivity index (χ1v) is 14.3. The monoisotopic (exact) mass is 493 g/mol. The average molecular weight is 494 g/mol. The third-order valence-corrected chi connectivity index (χ3v) is 11.5. The number of fused-ring (bicyclic) bond motifs is 6. The fourth-order valence-electron chi connectivity index (χ4n) is 9.79. The molecule has 0 amide bonds. The van der Waals surface area contributed by atoms with E-state index in [1.807, 2.05) is 25.3 Å². The number of ketones is 1. The van der Waals surface area contributed by atoms with Crippen molar-refractivity contribution >= 4 is 16.8 Å². The smallest absolute Gasteiger partial charge is 0.157 e. The van der Waals surface area contributed by atoms with Crippen LogP contribution in [-0.4, -0.2) is 41.6 Å². The Kier molecular flexibility index (Phi) is 6.17. The van der Waals surface area contributed by atoms with Gasteiger partial charge >= 0.3 is 0 Å². The molecule has 8 atom stereocenters. The Morgan fingerprint density at radius 1 is 1.08 bits per heavy atom. The van der Waals surface area contributed by atoms with E-state index < -0.39 is 0 Å². The minimum atomic E-state index is 0.107. The number of hydrogen-bond donors (Lipinski definition) is 0. The number of benzene rings is 1. The van der Waals surface area contributed by atoms with E-state index >= 15 is 0 Å². The minimum absolute atomic E-state index is 0.107. The molecule has 6 heteroatoms. The lowest BCUT2D eigenvalue weighted by molar-refractivity contribution is -0.154. The van der Waals surface area contributed by atoms with Crippen molar-refractivity contribution < 1.29 is 14.3 Å². The van der Waals surface area contributed by atoms with E-state index in [1.54, 1.807) is 11.8 Å². The number of aromatic nitrogens is 3. The van der Waals surface area contributed by atoms with Crippen molar-refractivity contribution in [2.45, 2.75) is 78.2 Å². The molecule has 0 aliphatic heterocycles. The molecule has 0 spiro atoms. The molecule has 6 rings (SSSR count). The number of Topliss-reactive ketones (excluding diaryl/α,β-unsaturated/α-hetero) is 1. The first kappa shape index (κ1) is 24.4. The Morgan fingerprint density at radius 3 is 2.75 bits per heavy atom. The highest BCUT2D eigenvalue weighted by molar-refractivity contribution is 5.84. The molecule has 1 heterocycles. The van der Waals surface area contributed by atoms with Gasteiger partial charge in [0, 0.05) is 19.1 Å². The van der Waals surface area contributed by atoms with Crippen LogP contribution in [0.2, 0.25) is 0 Å². The molecule has 0 radical (unpaired) electrons. The molecule has 4 aliphatic rings. The van der Waals surface area contributed by atoms with Crippen LogP contribution in [0.3, 0.4) is 0 Å². The number of hydrogen-bond acceptors (Lipinski definition) is 5. The fraction of sp³-hybridized carbons (Fsp3) is 0.767. The van der Waals surface area contributed by atoms with Crippen molar-refractivity contribution in [2.24, 2.45) is 46.3 Å². The van der Waals surface area contributed by atoms with Gasteiger partial charge in [0.1, 0.15) is 17.8 Å². The molecule has 0 bridgehead atoms. The van der Waals surface area contributed by atoms with Gasteiger partial charge in [-0.25, -0.2) is 4.68 Å². The third-order valence-electron chi connectivity index (χ3n) is 11.5. The van der Waals surface area contributed by atoms with Crippen LogP contribution >= 0.6 is 0 Å². The Labute approximate surface area is 215 Å². The van der Waals surface area contributed by atoms with Gasteiger partial charge in [-0.05, 0) is 104 Å². The molecule has 4 aliphatic carbocycles. The first-order valence-electron chi connectivity index (χ1n) is 14.3. The summed E-state index contributed by atoms with van der Waals surface area (Å²) in [7, 11) is 3.57. The maximum Gasteiger partial charge on any atom is 0.157 e. The SMILES string of the molecule is COCC12CCC(C)CC1CCC1C2CCC2(C)C1CC[C@@H]2C(=O)Cn1nnc2ccc(OC)cc21. The van der Waals surface area contributed by atoms with Crippen molar-refractivity contribution in [3.8, 4) is 5.75 Å². The molecule has 36 heavy (non-hydrogen) atoms. The maximum absolute atomic E-state index is 13.8. The second kappa shape index (κ2) is 9.11. The summed E-state index contributed by atoms with van der Waals surface area (Å²) in [6.07, 6.45) is 11.4. The lowest BCUT2D eigenvalue weighted by Gasteiger charge is -2.61. The molecule has 0 saturated heterocycles. The summed E-state index contributed by atoms with van der Waals surface area (Å²) in [6.45, 7) is 6.13. The molecule has 196 valence electrons. The van der Waals surface area contributed by atoms with Gasteiger partial charge in [-0.1, -0.05) is 25.5 Å². The summed E-state index contributed by atoms with van der Waals surface area (Å²) in [5.74, 6) is 5.07. The molecule has 1 aromatic carbocycles. The van der Waals surface area contributed by atoms with Crippen molar-refractivity contribution in [3.63, 3.8) is 0 Å². The molecular weight excluding hydrogens is 450 g/mol. The van der Waals surface area contributed by atoms with Crippen LogP contribution in [0, 0.1) is 46.3 Å². The maximum atomic E-state index is 13.8. The third kappa shape index (κ3) is 3.65. The Bertz CT molecular complexity index is 1130. The summed E-state index contributed by atoms with van der Waals surface area (Å²) in [5.41, 5.74) is 2.15. The first-order chi connectivity index (χ1) is 17.4. The lowest BCUT2D eigenvalue weighted by Crippen LogP contribution is -2.56. The number of nitrogens with zero attached hydrogens (tertiary/aromatic N) is 3. The molecule has 4 saturated carbocycles. The van der Waals surface area contributed by atoms with E-state index in [9.17, 15) is 4.79 Å². The van der Waals surface area contributed by atoms with Gasteiger partial charge in [0.25, 0.3) is 0 Å². The normalized spacial score (nSPS) is 39.9. The van der Waals surface area contributed by atoms with Gasteiger partial charge in [0.05, 0.1) is 19.2 Å². The zero-order valence-electron chi connectivity index (χ0n) is 22.5. The topological polar surface area (TPSA) is 66.2 Å². The second-order valence-corrected chi connectivity index (χ2v) is 12.9. The molecule has 7 unspecified atom stereocenters. The average Bonchev–Trinajstić information content (AvgIpc) is 3.44. The minimum Gasteiger partial charge on any atom is -0.497 e. The van der Waals surface area contributed by atoms with Crippen molar-refractivity contribution in [1.82, 2.24) is 15.0 Å². The van der Waals surface area contributed by atoms with Crippen LogP contribution in [0.5, 0.6) is 5.75 Å². The predicted molar refractivity (Wildman–Crippen MR) is 140 cm³/mol. The summed E-state index contributed by atoms with van der Waals surface area (Å²) in [6, 6.07) is 5.74. The van der Waals surface area contributed by atoms with Crippen molar-refractivity contribution in [2.75, 3.05) is 20.8 Å². The van der Waals surface area contributed by atoms with Gasteiger partial charge in [-0.3, -0.25) is 4.79 Å². The summed E-state index contributed by atoms with van der Waals surface area (Å²) >= 11 is 0. The summed E-state index contributed by atoms with van der Waals surface area (Å²) < 4.78 is 13.1. The van der Waals surface area contributed by atoms with Gasteiger partial charge in [-0.15, -0.1) is 5.10 Å². The van der Waals surface area contributed by atoms with E-state index in [4.69, 9.17) is 9.47 Å². The largest absolute Gasteiger partial charge is 0.497 e. The quantitative estimate of drug-likeness (QED) is 0.499. The molecule has 6 nitrogen and oxygen atoms in total. The van der Waals surface area contributed by atoms with Crippen LogP contribution in [0.25, 0.3) is 11.0 Å². The van der Waals surface area contributed by atoms with Gasteiger partial charge < -0.3 is 9.47 Å². The Balaban J connectivity index is 1.23. The molecule has 2 aromatic rings. The highest BCUT2D eigenvalue weighted by atomic mass is 16.5. The molecular formula is C30H43N3O3. The zero-order chi connectivity index (χ0) is 25.1. The highest BCUT2D eigenvalue weighted by Crippen LogP contribution is 2.68. The summed E-state index contributed by atoms with van der Waals surface area (Å²) in [5, 5.41) is 8.62. The number of carbonyl (C=O) groups excluding carboxylic acids is 1. The van der Waals surface area contributed by atoms with Gasteiger partial charge in [0.15, 0.2) is 5.78 Å². The van der Waals surface area contributed by atoms with E-state index in [1.165, 1.54) is 51.4 Å². The van der Waals surface area contributed by atoms with Crippen LogP contribution in [0.4, 0.5) is 0 Å². The van der Waals surface area contributed by atoms with E-state index in [2.05, 4.69) is 24.2 Å². The number of carbonyl (C=O) groups is 1. The molecule has 4 fully saturated rings. The van der Waals surface area contributed by atoms with Crippen LogP contribution < -0.4 is 4.74 Å². The standard InChI is InChI=1S/C30H43N3O3/c1-19-11-14-30(18-35-3)20(15-19)5-7-22-23-8-9-25(29(23,2)13-12-24(22)30)28(34)17-33-27-16-21(36-4)6-10-26(27)31-32-33/h6,10,16,19-20,22-25H,5,7-9,11-15,17-18H2,1-4H3/t19?,20?,22?,23?,24?,25-,29?,30?/m1/s1. The van der Waals surface area contributed by atoms with Crippen LogP contribution in [-0.2, 0) is 16.1 Å². The van der Waals surface area contributed by atoms with Crippen LogP contribution in [0.1, 0.15) is 71.6 Å². The van der Waals surface area contributed by atoms with Crippen molar-refractivity contribution in [3.05, 3.63) is 18.2 Å². The highest BCUT2D eigenvalue weighted by Gasteiger charge is 2.62. The van der Waals surface area contributed by atoms with Gasteiger partial charge in [0.2, 0.25) is 0 Å². The molecule has 0 N–H and O–H groups in total. The lowest BCUT2D eigenvalue weighted by atomic mass is 9.44. The Morgan fingerprint density at radius 2 is 1.94 bits per heavy atom. The van der Waals surface area contributed by atoms with E-state index in [0.717, 1.165) is 53.5 Å². The van der Waals surface area contributed by atoms with E-state index in [-0.39, 0.29) is 11.3 Å². The van der Waals surface area contributed by atoms with E-state index in [0.29, 0.717) is 23.7 Å². The molecule has 1 aromatic heterocycles. The zero-order valence-corrected chi connectivity index (χ0v) is 22.5. The predicted octanol–water partition coefficient (Wildman–Crippen LogP) is 5.93. The van der Waals surface area contributed by atoms with Gasteiger partial charge in [-0.2, -0.15) is 0 Å².